The van der Waals surface area contributed by atoms with Crippen molar-refractivity contribution in [2.75, 3.05) is 13.1 Å². The first-order valence-corrected chi connectivity index (χ1v) is 7.08. The van der Waals surface area contributed by atoms with Crippen molar-refractivity contribution in [3.63, 3.8) is 0 Å². The lowest BCUT2D eigenvalue weighted by atomic mass is 10.0. The van der Waals surface area contributed by atoms with E-state index < -0.39 is 5.76 Å². The van der Waals surface area contributed by atoms with Crippen molar-refractivity contribution in [2.45, 2.75) is 25.8 Å². The number of piperidine rings is 1. The van der Waals surface area contributed by atoms with E-state index in [1.807, 2.05) is 0 Å². The average Bonchev–Trinajstić information content (AvgIpc) is 2.86. The lowest BCUT2D eigenvalue weighted by Gasteiger charge is -2.31. The summed E-state index contributed by atoms with van der Waals surface area (Å²) in [6.07, 6.45) is 2.84. The molecule has 0 aliphatic carbocycles. The lowest BCUT2D eigenvalue weighted by molar-refractivity contribution is -0.129. The molecule has 0 spiro atoms. The van der Waals surface area contributed by atoms with Gasteiger partial charge in [0.1, 0.15) is 0 Å². The number of aromatic nitrogens is 2. The predicted octanol–water partition coefficient (Wildman–Crippen LogP) is 0.257. The van der Waals surface area contributed by atoms with Gasteiger partial charge in [0, 0.05) is 32.3 Å². The van der Waals surface area contributed by atoms with Crippen LogP contribution in [0.5, 0.6) is 0 Å². The average molecular weight is 304 g/mol. The summed E-state index contributed by atoms with van der Waals surface area (Å²) in [5.74, 6) is -0.807. The summed E-state index contributed by atoms with van der Waals surface area (Å²) >= 11 is 0. The monoisotopic (exact) mass is 304 g/mol. The Labute approximate surface area is 125 Å². The van der Waals surface area contributed by atoms with E-state index in [4.69, 9.17) is 4.42 Å². The van der Waals surface area contributed by atoms with Crippen molar-refractivity contribution >= 4 is 23.0 Å². The van der Waals surface area contributed by atoms with Crippen LogP contribution < -0.4 is 11.1 Å². The zero-order valence-corrected chi connectivity index (χ0v) is 12.1. The van der Waals surface area contributed by atoms with Crippen molar-refractivity contribution in [1.82, 2.24) is 20.2 Å². The Morgan fingerprint density at radius 2 is 2.14 bits per heavy atom. The van der Waals surface area contributed by atoms with Gasteiger partial charge < -0.3 is 14.6 Å². The van der Waals surface area contributed by atoms with Crippen LogP contribution in [0.1, 0.15) is 30.1 Å². The molecule has 0 saturated carbocycles. The predicted molar refractivity (Wildman–Crippen MR) is 77.4 cm³/mol. The molecule has 0 aromatic carbocycles. The minimum absolute atomic E-state index is 0.0250. The van der Waals surface area contributed by atoms with Gasteiger partial charge in [0.15, 0.2) is 11.2 Å². The number of oxazole rings is 1. The summed E-state index contributed by atoms with van der Waals surface area (Å²) in [4.78, 5) is 42.7. The van der Waals surface area contributed by atoms with Gasteiger partial charge in [0.25, 0.3) is 5.91 Å². The normalized spacial score (nSPS) is 16.0. The molecule has 2 N–H and O–H groups in total. The van der Waals surface area contributed by atoms with Crippen LogP contribution in [-0.4, -0.2) is 45.8 Å². The lowest BCUT2D eigenvalue weighted by Crippen LogP contribution is -2.46. The number of carbonyl (C=O) groups excluding carboxylic acids is 2. The molecular formula is C14H16N4O4. The van der Waals surface area contributed by atoms with Crippen molar-refractivity contribution in [1.29, 1.82) is 0 Å². The number of nitrogens with zero attached hydrogens (tertiary/aromatic N) is 2. The van der Waals surface area contributed by atoms with Gasteiger partial charge in [0.2, 0.25) is 5.91 Å². The van der Waals surface area contributed by atoms with Gasteiger partial charge in [-0.3, -0.25) is 14.6 Å². The third kappa shape index (κ3) is 2.85. The van der Waals surface area contributed by atoms with Gasteiger partial charge in [0.05, 0.1) is 5.56 Å². The highest BCUT2D eigenvalue weighted by Gasteiger charge is 2.22. The van der Waals surface area contributed by atoms with Crippen LogP contribution in [0.3, 0.4) is 0 Å². The van der Waals surface area contributed by atoms with Gasteiger partial charge >= 0.3 is 5.76 Å². The molecule has 8 nitrogen and oxygen atoms in total. The van der Waals surface area contributed by atoms with Crippen LogP contribution >= 0.6 is 0 Å². The van der Waals surface area contributed by atoms with Crippen molar-refractivity contribution in [3.05, 3.63) is 28.4 Å². The number of carbonyl (C=O) groups is 2. The fourth-order valence-electron chi connectivity index (χ4n) is 2.57. The molecule has 22 heavy (non-hydrogen) atoms. The van der Waals surface area contributed by atoms with Crippen molar-refractivity contribution in [2.24, 2.45) is 0 Å². The van der Waals surface area contributed by atoms with E-state index in [1.165, 1.54) is 12.3 Å². The van der Waals surface area contributed by atoms with Crippen LogP contribution in [0.15, 0.2) is 21.5 Å². The van der Waals surface area contributed by atoms with E-state index >= 15 is 0 Å². The zero-order chi connectivity index (χ0) is 15.7. The largest absolute Gasteiger partial charge is 0.418 e. The highest BCUT2D eigenvalue weighted by molar-refractivity contribution is 5.96. The Morgan fingerprint density at radius 3 is 2.82 bits per heavy atom. The summed E-state index contributed by atoms with van der Waals surface area (Å²) in [5, 5.41) is 2.92. The SMILES string of the molecule is CC(=O)N1CCC(NC(=O)c2cnc3[nH]c(=O)oc3c2)CC1. The fourth-order valence-corrected chi connectivity index (χ4v) is 2.57. The molecule has 1 aliphatic rings. The standard InChI is InChI=1S/C14H16N4O4/c1-8(19)18-4-2-10(3-5-18)16-13(20)9-6-11-12(15-7-9)17-14(21)22-11/h6-7,10H,2-5H2,1H3,(H,16,20)(H,15,17,21). The van der Waals surface area contributed by atoms with Crippen molar-refractivity contribution in [3.8, 4) is 0 Å². The molecule has 116 valence electrons. The van der Waals surface area contributed by atoms with E-state index in [0.29, 0.717) is 24.3 Å². The summed E-state index contributed by atoms with van der Waals surface area (Å²) in [6.45, 7) is 2.83. The van der Waals surface area contributed by atoms with E-state index in [9.17, 15) is 14.4 Å². The molecule has 1 fully saturated rings. The van der Waals surface area contributed by atoms with Gasteiger partial charge in [-0.1, -0.05) is 0 Å². The Balaban J connectivity index is 1.66. The number of pyridine rings is 1. The number of nitrogens with one attached hydrogen (secondary N) is 2. The van der Waals surface area contributed by atoms with E-state index in [-0.39, 0.29) is 23.4 Å². The highest BCUT2D eigenvalue weighted by atomic mass is 16.4. The molecule has 0 bridgehead atoms. The maximum Gasteiger partial charge on any atom is 0.418 e. The molecule has 3 heterocycles. The molecule has 0 atom stereocenters. The van der Waals surface area contributed by atoms with Gasteiger partial charge in [-0.25, -0.2) is 9.78 Å². The quantitative estimate of drug-likeness (QED) is 0.827. The molecule has 0 radical (unpaired) electrons. The molecule has 8 heteroatoms. The second-order valence-corrected chi connectivity index (χ2v) is 5.34. The Bertz CT molecular complexity index is 770. The van der Waals surface area contributed by atoms with E-state index in [1.54, 1.807) is 11.8 Å². The molecule has 0 unspecified atom stereocenters. The molecule has 2 amide bonds. The Hall–Kier alpha value is -2.64. The maximum atomic E-state index is 12.2. The second kappa shape index (κ2) is 5.63. The van der Waals surface area contributed by atoms with E-state index in [2.05, 4.69) is 15.3 Å². The number of H-pyrrole nitrogens is 1. The van der Waals surface area contributed by atoms with Crippen LogP contribution in [0.2, 0.25) is 0 Å². The molecule has 1 aliphatic heterocycles. The van der Waals surface area contributed by atoms with Crippen molar-refractivity contribution < 1.29 is 14.0 Å². The third-order valence-electron chi connectivity index (χ3n) is 3.81. The number of aromatic amines is 1. The topological polar surface area (TPSA) is 108 Å². The van der Waals surface area contributed by atoms with Crippen LogP contribution in [0.25, 0.3) is 11.2 Å². The first-order chi connectivity index (χ1) is 10.5. The number of hydrogen-bond donors (Lipinski definition) is 2. The van der Waals surface area contributed by atoms with Gasteiger partial charge in [-0.15, -0.1) is 0 Å². The number of rotatable bonds is 2. The van der Waals surface area contributed by atoms with Crippen LogP contribution in [-0.2, 0) is 4.79 Å². The Morgan fingerprint density at radius 1 is 1.41 bits per heavy atom. The molecular weight excluding hydrogens is 288 g/mol. The number of hydrogen-bond acceptors (Lipinski definition) is 5. The van der Waals surface area contributed by atoms with Gasteiger partial charge in [-0.2, -0.15) is 0 Å². The molecule has 3 rings (SSSR count). The second-order valence-electron chi connectivity index (χ2n) is 5.34. The summed E-state index contributed by atoms with van der Waals surface area (Å²) < 4.78 is 4.89. The molecule has 2 aromatic rings. The first-order valence-electron chi connectivity index (χ1n) is 7.08. The summed E-state index contributed by atoms with van der Waals surface area (Å²) in [5.41, 5.74) is 0.907. The van der Waals surface area contributed by atoms with Crippen LogP contribution in [0.4, 0.5) is 0 Å². The molecule has 2 aromatic heterocycles. The fraction of sp³-hybridized carbons (Fsp3) is 0.429. The number of fused-ring (bicyclic) bond motifs is 1. The summed E-state index contributed by atoms with van der Waals surface area (Å²) in [6, 6.07) is 1.51. The van der Waals surface area contributed by atoms with E-state index in [0.717, 1.165) is 12.8 Å². The third-order valence-corrected chi connectivity index (χ3v) is 3.81. The maximum absolute atomic E-state index is 12.2. The summed E-state index contributed by atoms with van der Waals surface area (Å²) in [7, 11) is 0. The van der Waals surface area contributed by atoms with Gasteiger partial charge in [-0.05, 0) is 18.9 Å². The first kappa shape index (κ1) is 14.3. The Kier molecular flexibility index (Phi) is 3.66. The molecule has 1 saturated heterocycles. The van der Waals surface area contributed by atoms with Crippen LogP contribution in [0, 0.1) is 0 Å². The number of likely N-dealkylation sites (tertiary alicyclic amines) is 1. The minimum Gasteiger partial charge on any atom is -0.406 e. The zero-order valence-electron chi connectivity index (χ0n) is 12.1. The number of amides is 2. The highest BCUT2D eigenvalue weighted by Crippen LogP contribution is 2.13. The smallest absolute Gasteiger partial charge is 0.406 e. The minimum atomic E-state index is -0.600.